The van der Waals surface area contributed by atoms with Gasteiger partial charge < -0.3 is 9.84 Å². The summed E-state index contributed by atoms with van der Waals surface area (Å²) in [6, 6.07) is 17.7. The molecule has 0 saturated carbocycles. The van der Waals surface area contributed by atoms with Crippen LogP contribution in [0.4, 0.5) is 0 Å². The molecule has 2 aromatic heterocycles. The molecule has 0 amide bonds. The van der Waals surface area contributed by atoms with Crippen LogP contribution in [0, 0.1) is 0 Å². The maximum atomic E-state index is 13.3. The van der Waals surface area contributed by atoms with Gasteiger partial charge in [-0.25, -0.2) is 4.79 Å². The number of ether oxygens (including phenoxy) is 1. The summed E-state index contributed by atoms with van der Waals surface area (Å²) >= 11 is 2.75. The highest BCUT2D eigenvalue weighted by molar-refractivity contribution is 7.12. The summed E-state index contributed by atoms with van der Waals surface area (Å²) < 4.78 is 6.71. The molecule has 1 saturated heterocycles. The van der Waals surface area contributed by atoms with Crippen LogP contribution >= 0.6 is 22.7 Å². The number of likely N-dealkylation sites (N-methyl/N-ethyl adjacent to an activating group) is 1. The molecule has 0 spiro atoms. The number of nitrogens with zero attached hydrogens (tertiary/aromatic N) is 1. The van der Waals surface area contributed by atoms with Crippen LogP contribution in [0.15, 0.2) is 65.4 Å². The number of hydrogen-bond donors (Lipinski definition) is 1. The molecule has 1 aliphatic heterocycles. The Hall–Kier alpha value is -1.99. The highest BCUT2D eigenvalue weighted by atomic mass is 32.1. The van der Waals surface area contributed by atoms with Gasteiger partial charge in [-0.2, -0.15) is 0 Å². The van der Waals surface area contributed by atoms with E-state index in [4.69, 9.17) is 4.74 Å². The molecule has 3 heterocycles. The number of carbonyl (C=O) groups excluding carboxylic acids is 1. The average Bonchev–Trinajstić information content (AvgIpc) is 3.50. The largest absolute Gasteiger partial charge is 0.410 e. The predicted molar refractivity (Wildman–Crippen MR) is 117 cm³/mol. The van der Waals surface area contributed by atoms with Gasteiger partial charge in [0.25, 0.3) is 0 Å². The lowest BCUT2D eigenvalue weighted by molar-refractivity contribution is -0.939. The van der Waals surface area contributed by atoms with E-state index in [0.29, 0.717) is 14.2 Å². The van der Waals surface area contributed by atoms with Gasteiger partial charge in [-0.3, -0.25) is 4.48 Å². The van der Waals surface area contributed by atoms with Crippen molar-refractivity contribution >= 4 is 28.6 Å². The SMILES string of the molecule is C[N+]1(CCc2ccccc2)CCCC1OC(=O)C(O)(c1cccs1)c1cccs1. The van der Waals surface area contributed by atoms with E-state index in [1.165, 1.54) is 28.2 Å². The summed E-state index contributed by atoms with van der Waals surface area (Å²) in [6.45, 7) is 1.87. The zero-order valence-corrected chi connectivity index (χ0v) is 18.1. The maximum Gasteiger partial charge on any atom is 0.353 e. The first-order chi connectivity index (χ1) is 14.0. The lowest BCUT2D eigenvalue weighted by Crippen LogP contribution is -2.53. The second kappa shape index (κ2) is 8.40. The standard InChI is InChI=1S/C23H26NO3S2/c1-24(15-13-18-8-3-2-4-9-18)14-5-12-21(24)27-22(25)23(26,19-10-6-16-28-19)20-11-7-17-29-20/h2-4,6-11,16-17,21,26H,5,12-15H2,1H3/q+1. The number of carbonyl (C=O) groups is 1. The van der Waals surface area contributed by atoms with E-state index in [2.05, 4.69) is 31.3 Å². The van der Waals surface area contributed by atoms with Gasteiger partial charge in [-0.15, -0.1) is 22.7 Å². The molecule has 152 valence electrons. The van der Waals surface area contributed by atoms with Gasteiger partial charge in [0, 0.05) is 19.3 Å². The van der Waals surface area contributed by atoms with Gasteiger partial charge in [0.2, 0.25) is 11.8 Å². The Kier molecular flexibility index (Phi) is 5.88. The molecule has 1 fully saturated rings. The molecule has 1 N–H and O–H groups in total. The van der Waals surface area contributed by atoms with Crippen LogP contribution in [0.3, 0.4) is 0 Å². The number of aliphatic hydroxyl groups is 1. The van der Waals surface area contributed by atoms with Crippen molar-refractivity contribution < 1.29 is 19.1 Å². The Bertz CT molecular complexity index is 890. The molecule has 29 heavy (non-hydrogen) atoms. The number of benzene rings is 1. The van der Waals surface area contributed by atoms with Crippen molar-refractivity contribution in [2.45, 2.75) is 31.1 Å². The third-order valence-corrected chi connectivity index (χ3v) is 7.82. The smallest absolute Gasteiger partial charge is 0.353 e. The summed E-state index contributed by atoms with van der Waals surface area (Å²) in [5.41, 5.74) is -0.452. The molecule has 0 aliphatic carbocycles. The van der Waals surface area contributed by atoms with Crippen molar-refractivity contribution in [3.05, 3.63) is 80.7 Å². The van der Waals surface area contributed by atoms with Gasteiger partial charge in [0.1, 0.15) is 0 Å². The minimum absolute atomic E-state index is 0.238. The molecule has 0 bridgehead atoms. The number of thiophene rings is 2. The first-order valence-electron chi connectivity index (χ1n) is 9.92. The first kappa shape index (κ1) is 20.3. The number of rotatable bonds is 7. The lowest BCUT2D eigenvalue weighted by atomic mass is 10.00. The van der Waals surface area contributed by atoms with Crippen LogP contribution in [-0.4, -0.2) is 41.9 Å². The summed E-state index contributed by atoms with van der Waals surface area (Å²) in [7, 11) is 2.16. The molecular weight excluding hydrogens is 402 g/mol. The van der Waals surface area contributed by atoms with Crippen LogP contribution in [0.25, 0.3) is 0 Å². The van der Waals surface area contributed by atoms with E-state index in [0.717, 1.165) is 32.4 Å². The monoisotopic (exact) mass is 428 g/mol. The Balaban J connectivity index is 1.52. The molecule has 4 rings (SSSR count). The highest BCUT2D eigenvalue weighted by Crippen LogP contribution is 2.38. The quantitative estimate of drug-likeness (QED) is 0.448. The second-order valence-corrected chi connectivity index (χ2v) is 9.72. The van der Waals surface area contributed by atoms with Crippen LogP contribution < -0.4 is 0 Å². The second-order valence-electron chi connectivity index (χ2n) is 7.83. The van der Waals surface area contributed by atoms with E-state index in [1.807, 2.05) is 29.0 Å². The Morgan fingerprint density at radius 1 is 1.10 bits per heavy atom. The Morgan fingerprint density at radius 2 is 1.76 bits per heavy atom. The van der Waals surface area contributed by atoms with Gasteiger partial charge in [-0.1, -0.05) is 42.5 Å². The predicted octanol–water partition coefficient (Wildman–Crippen LogP) is 4.40. The molecule has 2 atom stereocenters. The van der Waals surface area contributed by atoms with Gasteiger partial charge >= 0.3 is 5.97 Å². The molecule has 3 aromatic rings. The van der Waals surface area contributed by atoms with Crippen LogP contribution in [0.5, 0.6) is 0 Å². The van der Waals surface area contributed by atoms with Crippen molar-refractivity contribution in [1.82, 2.24) is 0 Å². The highest BCUT2D eigenvalue weighted by Gasteiger charge is 2.48. The Labute approximate surface area is 179 Å². The van der Waals surface area contributed by atoms with E-state index in [9.17, 15) is 9.90 Å². The summed E-state index contributed by atoms with van der Waals surface area (Å²) in [5, 5.41) is 15.2. The van der Waals surface area contributed by atoms with E-state index in [-0.39, 0.29) is 6.23 Å². The zero-order valence-electron chi connectivity index (χ0n) is 16.5. The van der Waals surface area contributed by atoms with Crippen molar-refractivity contribution in [1.29, 1.82) is 0 Å². The Morgan fingerprint density at radius 3 is 2.34 bits per heavy atom. The number of quaternary nitrogens is 1. The third kappa shape index (κ3) is 4.03. The summed E-state index contributed by atoms with van der Waals surface area (Å²) in [5.74, 6) is -0.571. The minimum Gasteiger partial charge on any atom is -0.410 e. The molecular formula is C23H26NO3S2+. The fourth-order valence-corrected chi connectivity index (χ4v) is 5.77. The van der Waals surface area contributed by atoms with Gasteiger partial charge in [-0.05, 0) is 28.5 Å². The van der Waals surface area contributed by atoms with E-state index in [1.54, 1.807) is 12.1 Å². The molecule has 2 unspecified atom stereocenters. The minimum atomic E-state index is -1.74. The van der Waals surface area contributed by atoms with E-state index < -0.39 is 11.6 Å². The molecule has 0 radical (unpaired) electrons. The fourth-order valence-electron chi connectivity index (χ4n) is 4.05. The van der Waals surface area contributed by atoms with Crippen LogP contribution in [0.2, 0.25) is 0 Å². The van der Waals surface area contributed by atoms with Crippen molar-refractivity contribution in [2.75, 3.05) is 20.1 Å². The number of likely N-dealkylation sites (tertiary alicyclic amines) is 1. The van der Waals surface area contributed by atoms with Crippen molar-refractivity contribution in [3.63, 3.8) is 0 Å². The normalized spacial score (nSPS) is 21.9. The summed E-state index contributed by atoms with van der Waals surface area (Å²) in [4.78, 5) is 14.5. The third-order valence-electron chi connectivity index (χ3n) is 5.86. The lowest BCUT2D eigenvalue weighted by Gasteiger charge is -2.36. The molecule has 1 aliphatic rings. The van der Waals surface area contributed by atoms with Gasteiger partial charge in [0.05, 0.1) is 29.9 Å². The van der Waals surface area contributed by atoms with Gasteiger partial charge in [0.15, 0.2) is 0 Å². The van der Waals surface area contributed by atoms with Crippen LogP contribution in [-0.2, 0) is 21.6 Å². The van der Waals surface area contributed by atoms with E-state index >= 15 is 0 Å². The van der Waals surface area contributed by atoms with Crippen LogP contribution in [0.1, 0.15) is 28.2 Å². The number of hydrogen-bond acceptors (Lipinski definition) is 5. The summed E-state index contributed by atoms with van der Waals surface area (Å²) in [6.07, 6.45) is 2.53. The molecule has 4 nitrogen and oxygen atoms in total. The fraction of sp³-hybridized carbons (Fsp3) is 0.348. The molecule has 6 heteroatoms. The molecule has 1 aromatic carbocycles. The average molecular weight is 429 g/mol. The van der Waals surface area contributed by atoms with Crippen molar-refractivity contribution in [3.8, 4) is 0 Å². The topological polar surface area (TPSA) is 46.5 Å². The number of esters is 1. The first-order valence-corrected chi connectivity index (χ1v) is 11.7. The zero-order chi connectivity index (χ0) is 20.3. The maximum absolute atomic E-state index is 13.3. The van der Waals surface area contributed by atoms with Crippen molar-refractivity contribution in [2.24, 2.45) is 0 Å².